The first-order valence-corrected chi connectivity index (χ1v) is 8.28. The van der Waals surface area contributed by atoms with Crippen LogP contribution in [0.15, 0.2) is 10.9 Å². The van der Waals surface area contributed by atoms with Gasteiger partial charge in [0.1, 0.15) is 0 Å². The van der Waals surface area contributed by atoms with Crippen molar-refractivity contribution >= 4 is 27.3 Å². The number of anilines is 1. The highest BCUT2D eigenvalue weighted by Crippen LogP contribution is 2.21. The summed E-state index contributed by atoms with van der Waals surface area (Å²) in [5.41, 5.74) is 0.614. The highest BCUT2D eigenvalue weighted by atomic mass is 32.1. The molecule has 1 N–H and O–H groups in total. The van der Waals surface area contributed by atoms with Gasteiger partial charge in [-0.1, -0.05) is 24.7 Å². The normalized spacial score (nSPS) is 14.3. The summed E-state index contributed by atoms with van der Waals surface area (Å²) in [6, 6.07) is 1.87. The van der Waals surface area contributed by atoms with Crippen LogP contribution in [0.1, 0.15) is 31.9 Å². The molecular weight excluding hydrogens is 302 g/mol. The third-order valence-corrected chi connectivity index (χ3v) is 4.47. The van der Waals surface area contributed by atoms with Crippen molar-refractivity contribution < 1.29 is 4.79 Å². The Kier molecular flexibility index (Phi) is 4.10. The van der Waals surface area contributed by atoms with Crippen LogP contribution in [-0.4, -0.2) is 40.1 Å². The minimum atomic E-state index is -0.174. The van der Waals surface area contributed by atoms with Crippen molar-refractivity contribution in [3.63, 3.8) is 0 Å². The summed E-state index contributed by atoms with van der Waals surface area (Å²) in [5.74, 6) is -0.0174. The van der Waals surface area contributed by atoms with Gasteiger partial charge in [0.25, 0.3) is 5.56 Å². The van der Waals surface area contributed by atoms with Gasteiger partial charge in [-0.3, -0.25) is 9.59 Å². The number of fused-ring (bicyclic) bond motifs is 1. The summed E-state index contributed by atoms with van der Waals surface area (Å²) in [7, 11) is 1.79. The number of nitrogens with one attached hydrogen (secondary N) is 1. The summed E-state index contributed by atoms with van der Waals surface area (Å²) < 4.78 is 1.30. The fourth-order valence-corrected chi connectivity index (χ4v) is 3.05. The fourth-order valence-electron chi connectivity index (χ4n) is 2.17. The quantitative estimate of drug-likeness (QED) is 0.852. The number of amides is 1. The molecule has 2 aromatic heterocycles. The highest BCUT2D eigenvalue weighted by molar-refractivity contribution is 7.20. The molecule has 3 rings (SSSR count). The molecule has 0 atom stereocenters. The Morgan fingerprint density at radius 3 is 3.00 bits per heavy atom. The number of rotatable bonds is 6. The fraction of sp³-hybridized carbons (Fsp3) is 0.571. The number of hydrogen-bond acceptors (Lipinski definition) is 6. The van der Waals surface area contributed by atoms with Crippen molar-refractivity contribution in [1.29, 1.82) is 0 Å². The van der Waals surface area contributed by atoms with Gasteiger partial charge in [-0.2, -0.15) is 4.52 Å². The number of hydrogen-bond donors (Lipinski definition) is 1. The van der Waals surface area contributed by atoms with Crippen LogP contribution in [0.3, 0.4) is 0 Å². The lowest BCUT2D eigenvalue weighted by Gasteiger charge is -2.14. The number of nitrogens with zero attached hydrogens (tertiary/aromatic N) is 4. The first kappa shape index (κ1) is 15.0. The topological polar surface area (TPSA) is 79.6 Å². The van der Waals surface area contributed by atoms with Crippen LogP contribution in [0.25, 0.3) is 4.96 Å². The number of likely N-dealkylation sites (N-methyl/N-ethyl adjacent to an activating group) is 1. The van der Waals surface area contributed by atoms with Crippen LogP contribution >= 0.6 is 11.3 Å². The van der Waals surface area contributed by atoms with Gasteiger partial charge in [-0.25, -0.2) is 4.98 Å². The standard InChI is InChI=1S/C14H19N5O2S/c1-3-4-10-7-12(21)19-13(16-10)22-14(17-19)18(2)8-11(20)15-9-5-6-9/h7,9H,3-6,8H2,1-2H3,(H,15,20). The van der Waals surface area contributed by atoms with E-state index in [1.807, 2.05) is 6.92 Å². The minimum Gasteiger partial charge on any atom is -0.352 e. The maximum absolute atomic E-state index is 12.1. The molecule has 0 bridgehead atoms. The molecular formula is C14H19N5O2S. The monoisotopic (exact) mass is 321 g/mol. The molecule has 22 heavy (non-hydrogen) atoms. The third kappa shape index (κ3) is 3.27. The molecule has 2 heterocycles. The van der Waals surface area contributed by atoms with Crippen LogP contribution in [0.4, 0.5) is 5.13 Å². The second-order valence-corrected chi connectivity index (χ2v) is 6.55. The molecule has 118 valence electrons. The van der Waals surface area contributed by atoms with Crippen molar-refractivity contribution in [3.05, 3.63) is 22.1 Å². The van der Waals surface area contributed by atoms with Gasteiger partial charge in [0.15, 0.2) is 0 Å². The van der Waals surface area contributed by atoms with E-state index in [9.17, 15) is 9.59 Å². The molecule has 0 aliphatic heterocycles. The lowest BCUT2D eigenvalue weighted by atomic mass is 10.2. The Labute approximate surface area is 132 Å². The molecule has 7 nitrogen and oxygen atoms in total. The lowest BCUT2D eigenvalue weighted by Crippen LogP contribution is -2.36. The average Bonchev–Trinajstić information content (AvgIpc) is 3.14. The summed E-state index contributed by atoms with van der Waals surface area (Å²) in [5, 5.41) is 7.82. The number of carbonyl (C=O) groups is 1. The van der Waals surface area contributed by atoms with Crippen molar-refractivity contribution in [2.45, 2.75) is 38.6 Å². The van der Waals surface area contributed by atoms with Crippen molar-refractivity contribution in [1.82, 2.24) is 19.9 Å². The number of aryl methyl sites for hydroxylation is 1. The smallest absolute Gasteiger partial charge is 0.275 e. The second-order valence-electron chi connectivity index (χ2n) is 5.61. The zero-order chi connectivity index (χ0) is 15.7. The zero-order valence-electron chi connectivity index (χ0n) is 12.7. The van der Waals surface area contributed by atoms with Crippen molar-refractivity contribution in [2.24, 2.45) is 0 Å². The van der Waals surface area contributed by atoms with E-state index in [-0.39, 0.29) is 18.0 Å². The third-order valence-electron chi connectivity index (χ3n) is 3.44. The molecule has 0 aromatic carbocycles. The molecule has 0 radical (unpaired) electrons. The van der Waals surface area contributed by atoms with Crippen LogP contribution < -0.4 is 15.8 Å². The van der Waals surface area contributed by atoms with Gasteiger partial charge in [0.05, 0.1) is 6.54 Å². The predicted octanol–water partition coefficient (Wildman–Crippen LogP) is 0.818. The Hall–Kier alpha value is -1.96. The first-order chi connectivity index (χ1) is 10.6. The predicted molar refractivity (Wildman–Crippen MR) is 85.6 cm³/mol. The van der Waals surface area contributed by atoms with E-state index in [0.717, 1.165) is 31.4 Å². The summed E-state index contributed by atoms with van der Waals surface area (Å²) >= 11 is 1.32. The molecule has 0 saturated heterocycles. The van der Waals surface area contributed by atoms with E-state index in [1.165, 1.54) is 21.9 Å². The van der Waals surface area contributed by atoms with E-state index in [4.69, 9.17) is 0 Å². The molecule has 1 fully saturated rings. The second kappa shape index (κ2) is 6.04. The van der Waals surface area contributed by atoms with Crippen LogP contribution in [0.2, 0.25) is 0 Å². The number of carbonyl (C=O) groups excluding carboxylic acids is 1. The van der Waals surface area contributed by atoms with Crippen molar-refractivity contribution in [3.8, 4) is 0 Å². The molecule has 8 heteroatoms. The van der Waals surface area contributed by atoms with Crippen LogP contribution in [0.5, 0.6) is 0 Å². The molecule has 2 aromatic rings. The maximum atomic E-state index is 12.1. The highest BCUT2D eigenvalue weighted by Gasteiger charge is 2.24. The zero-order valence-corrected chi connectivity index (χ0v) is 13.5. The van der Waals surface area contributed by atoms with E-state index in [1.54, 1.807) is 11.9 Å². The van der Waals surface area contributed by atoms with E-state index >= 15 is 0 Å². The van der Waals surface area contributed by atoms with Crippen molar-refractivity contribution in [2.75, 3.05) is 18.5 Å². The van der Waals surface area contributed by atoms with Gasteiger partial charge in [0.2, 0.25) is 16.0 Å². The molecule has 1 aliphatic rings. The van der Waals surface area contributed by atoms with Gasteiger partial charge in [-0.15, -0.1) is 5.10 Å². The Morgan fingerprint density at radius 1 is 1.55 bits per heavy atom. The molecule has 0 unspecified atom stereocenters. The average molecular weight is 321 g/mol. The SMILES string of the molecule is CCCc1cc(=O)n2nc(N(C)CC(=O)NC3CC3)sc2n1. The maximum Gasteiger partial charge on any atom is 0.275 e. The summed E-state index contributed by atoms with van der Waals surface area (Å²) in [6.07, 6.45) is 3.85. The molecule has 1 amide bonds. The van der Waals surface area contributed by atoms with Gasteiger partial charge in [0, 0.05) is 24.8 Å². The lowest BCUT2D eigenvalue weighted by molar-refractivity contribution is -0.119. The number of aromatic nitrogens is 3. The Balaban J connectivity index is 1.79. The van der Waals surface area contributed by atoms with E-state index < -0.39 is 0 Å². The van der Waals surface area contributed by atoms with E-state index in [0.29, 0.717) is 16.1 Å². The minimum absolute atomic E-state index is 0.0174. The molecule has 1 saturated carbocycles. The van der Waals surface area contributed by atoms with Crippen LogP contribution in [-0.2, 0) is 11.2 Å². The first-order valence-electron chi connectivity index (χ1n) is 7.47. The van der Waals surface area contributed by atoms with E-state index in [2.05, 4.69) is 15.4 Å². The molecule has 1 aliphatic carbocycles. The Bertz CT molecular complexity index is 749. The van der Waals surface area contributed by atoms with Gasteiger partial charge >= 0.3 is 0 Å². The van der Waals surface area contributed by atoms with Gasteiger partial charge < -0.3 is 10.2 Å². The largest absolute Gasteiger partial charge is 0.352 e. The van der Waals surface area contributed by atoms with Crippen LogP contribution in [0, 0.1) is 0 Å². The summed E-state index contributed by atoms with van der Waals surface area (Å²) in [6.45, 7) is 2.28. The molecule has 0 spiro atoms. The Morgan fingerprint density at radius 2 is 2.32 bits per heavy atom. The summed E-state index contributed by atoms with van der Waals surface area (Å²) in [4.78, 5) is 30.7. The van der Waals surface area contributed by atoms with Gasteiger partial charge in [-0.05, 0) is 19.3 Å².